The molecular weight excluding hydrogens is 358 g/mol. The number of hydrogen-bond donors (Lipinski definition) is 2. The molecule has 28 heavy (non-hydrogen) atoms. The molecule has 2 amide bonds. The van der Waals surface area contributed by atoms with E-state index >= 15 is 0 Å². The predicted molar refractivity (Wildman–Crippen MR) is 107 cm³/mol. The second-order valence-electron chi connectivity index (χ2n) is 6.79. The third kappa shape index (κ3) is 4.06. The van der Waals surface area contributed by atoms with Crippen molar-refractivity contribution in [2.45, 2.75) is 26.8 Å². The van der Waals surface area contributed by atoms with E-state index in [1.165, 1.54) is 6.92 Å². The fraction of sp³-hybridized carbons (Fsp3) is 0.250. The molecule has 0 aliphatic carbocycles. The van der Waals surface area contributed by atoms with Crippen molar-refractivity contribution in [1.29, 1.82) is 0 Å². The van der Waals surface area contributed by atoms with Gasteiger partial charge in [0.1, 0.15) is 11.6 Å². The molecule has 0 saturated heterocycles. The van der Waals surface area contributed by atoms with Gasteiger partial charge in [0.2, 0.25) is 11.8 Å². The summed E-state index contributed by atoms with van der Waals surface area (Å²) in [6, 6.07) is 12.8. The molecule has 0 bridgehead atoms. The number of nitrogens with one attached hydrogen (secondary N) is 2. The van der Waals surface area contributed by atoms with Crippen LogP contribution in [-0.4, -0.2) is 26.8 Å². The van der Waals surface area contributed by atoms with Gasteiger partial charge < -0.3 is 10.6 Å². The molecule has 0 aliphatic heterocycles. The molecule has 3 aromatic rings. The fourth-order valence-electron chi connectivity index (χ4n) is 2.94. The lowest BCUT2D eigenvalue weighted by Gasteiger charge is -2.21. The Labute approximate surface area is 161 Å². The van der Waals surface area contributed by atoms with Crippen LogP contribution in [-0.2, 0) is 9.59 Å². The third-order valence-electron chi connectivity index (χ3n) is 4.23. The van der Waals surface area contributed by atoms with Crippen LogP contribution in [0.2, 0.25) is 0 Å². The number of amides is 2. The van der Waals surface area contributed by atoms with Crippen molar-refractivity contribution in [3.05, 3.63) is 58.9 Å². The molecule has 0 saturated carbocycles. The summed E-state index contributed by atoms with van der Waals surface area (Å²) in [5, 5.41) is 13.9. The van der Waals surface area contributed by atoms with E-state index in [0.717, 1.165) is 4.68 Å². The van der Waals surface area contributed by atoms with E-state index in [1.54, 1.807) is 48.5 Å². The second-order valence-corrected chi connectivity index (χ2v) is 6.79. The monoisotopic (exact) mass is 379 g/mol. The maximum absolute atomic E-state index is 12.9. The smallest absolute Gasteiger partial charge is 0.278 e. The van der Waals surface area contributed by atoms with Crippen molar-refractivity contribution >= 4 is 34.1 Å². The van der Waals surface area contributed by atoms with E-state index in [1.807, 2.05) is 13.8 Å². The highest BCUT2D eigenvalue weighted by Crippen LogP contribution is 2.20. The number of carbonyl (C=O) groups excluding carboxylic acids is 2. The minimum absolute atomic E-state index is 0.175. The maximum atomic E-state index is 12.9. The van der Waals surface area contributed by atoms with Gasteiger partial charge in [0.15, 0.2) is 0 Å². The Morgan fingerprint density at radius 3 is 2.18 bits per heavy atom. The van der Waals surface area contributed by atoms with Crippen molar-refractivity contribution in [2.75, 3.05) is 10.6 Å². The van der Waals surface area contributed by atoms with Gasteiger partial charge in [-0.15, -0.1) is 5.10 Å². The zero-order chi connectivity index (χ0) is 20.3. The molecule has 0 spiro atoms. The zero-order valence-electron chi connectivity index (χ0n) is 15.8. The van der Waals surface area contributed by atoms with Crippen molar-refractivity contribution in [3.63, 3.8) is 0 Å². The summed E-state index contributed by atoms with van der Waals surface area (Å²) in [4.78, 5) is 36.8. The first-order valence-corrected chi connectivity index (χ1v) is 8.89. The van der Waals surface area contributed by atoms with Gasteiger partial charge in [-0.2, -0.15) is 4.68 Å². The molecule has 144 valence electrons. The van der Waals surface area contributed by atoms with Gasteiger partial charge in [0.05, 0.1) is 5.39 Å². The molecule has 0 aliphatic rings. The van der Waals surface area contributed by atoms with Crippen LogP contribution in [0.3, 0.4) is 0 Å². The van der Waals surface area contributed by atoms with Crippen molar-refractivity contribution in [2.24, 2.45) is 5.92 Å². The van der Waals surface area contributed by atoms with Crippen molar-refractivity contribution in [1.82, 2.24) is 15.0 Å². The Morgan fingerprint density at radius 2 is 1.57 bits per heavy atom. The molecular formula is C20H21N5O3. The molecule has 0 unspecified atom stereocenters. The third-order valence-corrected chi connectivity index (χ3v) is 4.23. The summed E-state index contributed by atoms with van der Waals surface area (Å²) in [5.41, 5.74) is 1.30. The molecule has 2 aromatic carbocycles. The molecule has 2 N–H and O–H groups in total. The number of benzene rings is 2. The topological polar surface area (TPSA) is 106 Å². The highest BCUT2D eigenvalue weighted by Gasteiger charge is 2.27. The van der Waals surface area contributed by atoms with Gasteiger partial charge in [-0.25, -0.2) is 0 Å². The number of anilines is 2. The maximum Gasteiger partial charge on any atom is 0.278 e. The van der Waals surface area contributed by atoms with Crippen LogP contribution in [0.15, 0.2) is 53.3 Å². The van der Waals surface area contributed by atoms with E-state index < -0.39 is 6.04 Å². The Hall–Kier alpha value is -3.55. The van der Waals surface area contributed by atoms with E-state index in [-0.39, 0.29) is 23.3 Å². The van der Waals surface area contributed by atoms with Crippen LogP contribution in [0.25, 0.3) is 10.9 Å². The molecule has 0 fully saturated rings. The van der Waals surface area contributed by atoms with Gasteiger partial charge in [0, 0.05) is 18.3 Å². The minimum Gasteiger partial charge on any atom is -0.326 e. The summed E-state index contributed by atoms with van der Waals surface area (Å²) in [6.07, 6.45) is 0. The number of fused-ring (bicyclic) bond motifs is 1. The fourth-order valence-corrected chi connectivity index (χ4v) is 2.94. The van der Waals surface area contributed by atoms with Gasteiger partial charge in [-0.05, 0) is 42.3 Å². The summed E-state index contributed by atoms with van der Waals surface area (Å²) in [5.74, 6) is -0.730. The standard InChI is InChI=1S/C20H21N5O3/c1-12(2)18(25-20(28)16-6-4-5-7-17(16)23-24-25)19(27)22-15-10-8-14(9-11-15)21-13(3)26/h4-12,18H,1-3H3,(H,21,26)(H,22,27)/t18-/m0/s1. The number of rotatable bonds is 5. The van der Waals surface area contributed by atoms with Gasteiger partial charge in [0.25, 0.3) is 5.56 Å². The van der Waals surface area contributed by atoms with Crippen LogP contribution in [0.4, 0.5) is 11.4 Å². The first-order valence-electron chi connectivity index (χ1n) is 8.89. The molecule has 1 aromatic heterocycles. The van der Waals surface area contributed by atoms with Gasteiger partial charge in [-0.3, -0.25) is 14.4 Å². The molecule has 1 heterocycles. The second kappa shape index (κ2) is 7.99. The molecule has 8 heteroatoms. The molecule has 0 radical (unpaired) electrons. The number of carbonyl (C=O) groups is 2. The Balaban J connectivity index is 1.88. The average Bonchev–Trinajstić information content (AvgIpc) is 2.65. The quantitative estimate of drug-likeness (QED) is 0.709. The predicted octanol–water partition coefficient (Wildman–Crippen LogP) is 2.59. The Bertz CT molecular complexity index is 1070. The SMILES string of the molecule is CC(=O)Nc1ccc(NC(=O)[C@H](C(C)C)n2nnc3ccccc3c2=O)cc1. The normalized spacial score (nSPS) is 12.0. The van der Waals surface area contributed by atoms with Crippen molar-refractivity contribution < 1.29 is 9.59 Å². The van der Waals surface area contributed by atoms with Crippen LogP contribution >= 0.6 is 0 Å². The lowest BCUT2D eigenvalue weighted by atomic mass is 10.0. The lowest BCUT2D eigenvalue weighted by Crippen LogP contribution is -2.38. The van der Waals surface area contributed by atoms with E-state index in [9.17, 15) is 14.4 Å². The van der Waals surface area contributed by atoms with Crippen LogP contribution in [0, 0.1) is 5.92 Å². The van der Waals surface area contributed by atoms with E-state index in [4.69, 9.17) is 0 Å². The Morgan fingerprint density at radius 1 is 0.964 bits per heavy atom. The molecule has 8 nitrogen and oxygen atoms in total. The highest BCUT2D eigenvalue weighted by atomic mass is 16.2. The summed E-state index contributed by atoms with van der Waals surface area (Å²) < 4.78 is 1.13. The van der Waals surface area contributed by atoms with Crippen LogP contribution in [0.5, 0.6) is 0 Å². The first kappa shape index (κ1) is 19.2. The van der Waals surface area contributed by atoms with E-state index in [0.29, 0.717) is 22.3 Å². The zero-order valence-corrected chi connectivity index (χ0v) is 15.8. The highest BCUT2D eigenvalue weighted by molar-refractivity contribution is 5.94. The number of aromatic nitrogens is 3. The van der Waals surface area contributed by atoms with Crippen LogP contribution in [0.1, 0.15) is 26.8 Å². The summed E-state index contributed by atoms with van der Waals surface area (Å²) in [6.45, 7) is 5.10. The number of nitrogens with zero attached hydrogens (tertiary/aromatic N) is 3. The summed E-state index contributed by atoms with van der Waals surface area (Å²) >= 11 is 0. The molecule has 1 atom stereocenters. The average molecular weight is 379 g/mol. The summed E-state index contributed by atoms with van der Waals surface area (Å²) in [7, 11) is 0. The minimum atomic E-state index is -0.820. The first-order chi connectivity index (χ1) is 13.4. The lowest BCUT2D eigenvalue weighted by molar-refractivity contribution is -0.121. The molecule has 3 rings (SSSR count). The number of hydrogen-bond acceptors (Lipinski definition) is 5. The van der Waals surface area contributed by atoms with E-state index in [2.05, 4.69) is 20.9 Å². The Kier molecular flexibility index (Phi) is 5.49. The van der Waals surface area contributed by atoms with Gasteiger partial charge >= 0.3 is 0 Å². The van der Waals surface area contributed by atoms with Crippen molar-refractivity contribution in [3.8, 4) is 0 Å². The van der Waals surface area contributed by atoms with Crippen LogP contribution < -0.4 is 16.2 Å². The largest absolute Gasteiger partial charge is 0.326 e. The van der Waals surface area contributed by atoms with Gasteiger partial charge in [-0.1, -0.05) is 31.2 Å².